The molecule has 16 heavy (non-hydrogen) atoms. The van der Waals surface area contributed by atoms with Crippen molar-refractivity contribution < 1.29 is 18.0 Å². The average molecular weight is 238 g/mol. The molecular formula is C10H17F3N2O. The van der Waals surface area contributed by atoms with Crippen LogP contribution in [0.25, 0.3) is 0 Å². The van der Waals surface area contributed by atoms with E-state index in [4.69, 9.17) is 5.73 Å². The second kappa shape index (κ2) is 5.03. The molecule has 2 N–H and O–H groups in total. The Kier molecular flexibility index (Phi) is 4.18. The number of hydrogen-bond donors (Lipinski definition) is 1. The Bertz CT molecular complexity index is 247. The zero-order valence-corrected chi connectivity index (χ0v) is 9.26. The first-order valence-corrected chi connectivity index (χ1v) is 5.42. The smallest absolute Gasteiger partial charge is 0.335 e. The van der Waals surface area contributed by atoms with Gasteiger partial charge in [-0.2, -0.15) is 13.2 Å². The van der Waals surface area contributed by atoms with Crippen LogP contribution < -0.4 is 5.73 Å². The van der Waals surface area contributed by atoms with Gasteiger partial charge in [0.25, 0.3) is 0 Å². The van der Waals surface area contributed by atoms with E-state index in [0.29, 0.717) is 31.2 Å². The number of nitrogens with two attached hydrogens (primary N) is 1. The number of carbonyl (C=O) groups excluding carboxylic acids is 1. The van der Waals surface area contributed by atoms with Crippen LogP contribution in [0.15, 0.2) is 0 Å². The number of amides is 1. The van der Waals surface area contributed by atoms with Crippen molar-refractivity contribution in [2.45, 2.75) is 25.9 Å². The molecule has 0 bridgehead atoms. The predicted molar refractivity (Wildman–Crippen MR) is 53.6 cm³/mol. The molecule has 0 radical (unpaired) electrons. The van der Waals surface area contributed by atoms with Crippen LogP contribution >= 0.6 is 0 Å². The van der Waals surface area contributed by atoms with Crippen molar-refractivity contribution in [3.05, 3.63) is 0 Å². The van der Waals surface area contributed by atoms with Gasteiger partial charge >= 0.3 is 12.1 Å². The zero-order chi connectivity index (χ0) is 12.3. The van der Waals surface area contributed by atoms with E-state index in [1.54, 1.807) is 0 Å². The summed E-state index contributed by atoms with van der Waals surface area (Å²) >= 11 is 0. The summed E-state index contributed by atoms with van der Waals surface area (Å²) in [7, 11) is 0. The molecule has 0 saturated carbocycles. The Morgan fingerprint density at radius 3 is 2.31 bits per heavy atom. The lowest BCUT2D eigenvalue weighted by molar-refractivity contribution is -0.186. The summed E-state index contributed by atoms with van der Waals surface area (Å²) in [6, 6.07) is 0. The van der Waals surface area contributed by atoms with Crippen LogP contribution in [0.4, 0.5) is 13.2 Å². The molecular weight excluding hydrogens is 221 g/mol. The molecule has 94 valence electrons. The van der Waals surface area contributed by atoms with Crippen LogP contribution in [-0.4, -0.2) is 36.6 Å². The minimum absolute atomic E-state index is 0.188. The van der Waals surface area contributed by atoms with Crippen LogP contribution in [0.1, 0.15) is 19.8 Å². The van der Waals surface area contributed by atoms with Gasteiger partial charge in [-0.05, 0) is 31.2 Å². The molecule has 0 spiro atoms. The fourth-order valence-electron chi connectivity index (χ4n) is 2.04. The third-order valence-corrected chi connectivity index (χ3v) is 3.25. The maximum absolute atomic E-state index is 12.1. The quantitative estimate of drug-likeness (QED) is 0.790. The molecule has 0 aliphatic carbocycles. The summed E-state index contributed by atoms with van der Waals surface area (Å²) in [6.07, 6.45) is -3.52. The molecule has 3 nitrogen and oxygen atoms in total. The molecule has 1 fully saturated rings. The molecule has 1 amide bonds. The van der Waals surface area contributed by atoms with Gasteiger partial charge in [-0.1, -0.05) is 6.92 Å². The molecule has 1 rings (SSSR count). The summed E-state index contributed by atoms with van der Waals surface area (Å²) in [5, 5.41) is 0. The third kappa shape index (κ3) is 3.10. The van der Waals surface area contributed by atoms with E-state index in [0.717, 1.165) is 4.90 Å². The normalized spacial score (nSPS) is 20.9. The maximum atomic E-state index is 12.1. The van der Waals surface area contributed by atoms with E-state index in [9.17, 15) is 18.0 Å². The lowest BCUT2D eigenvalue weighted by Gasteiger charge is -2.34. The summed E-state index contributed by atoms with van der Waals surface area (Å²) in [6.45, 7) is 2.91. The Morgan fingerprint density at radius 2 is 1.94 bits per heavy atom. The van der Waals surface area contributed by atoms with Gasteiger partial charge in [-0.25, -0.2) is 0 Å². The van der Waals surface area contributed by atoms with Crippen molar-refractivity contribution in [3.8, 4) is 0 Å². The number of halogens is 3. The molecule has 0 aromatic rings. The summed E-state index contributed by atoms with van der Waals surface area (Å²) < 4.78 is 36.4. The van der Waals surface area contributed by atoms with Crippen molar-refractivity contribution in [1.29, 1.82) is 0 Å². The van der Waals surface area contributed by atoms with Crippen LogP contribution in [0, 0.1) is 11.8 Å². The van der Waals surface area contributed by atoms with Gasteiger partial charge in [0.2, 0.25) is 0 Å². The summed E-state index contributed by atoms with van der Waals surface area (Å²) in [5.74, 6) is -1.07. The lowest BCUT2D eigenvalue weighted by Crippen LogP contribution is -2.46. The number of rotatable bonds is 2. The Balaban J connectivity index is 2.46. The zero-order valence-electron chi connectivity index (χ0n) is 9.26. The average Bonchev–Trinajstić information content (AvgIpc) is 2.26. The minimum Gasteiger partial charge on any atom is -0.335 e. The number of carbonyl (C=O) groups is 1. The highest BCUT2D eigenvalue weighted by molar-refractivity contribution is 5.81. The van der Waals surface area contributed by atoms with E-state index < -0.39 is 12.1 Å². The summed E-state index contributed by atoms with van der Waals surface area (Å²) in [5.41, 5.74) is 5.51. The second-order valence-corrected chi connectivity index (χ2v) is 4.34. The molecule has 1 unspecified atom stereocenters. The number of nitrogens with zero attached hydrogens (tertiary/aromatic N) is 1. The Labute approximate surface area is 92.8 Å². The molecule has 6 heteroatoms. The van der Waals surface area contributed by atoms with Crippen LogP contribution in [-0.2, 0) is 4.79 Å². The van der Waals surface area contributed by atoms with Crippen molar-refractivity contribution in [2.75, 3.05) is 19.6 Å². The number of alkyl halides is 3. The first-order chi connectivity index (χ1) is 7.36. The Hall–Kier alpha value is -0.780. The molecule has 1 heterocycles. The SMILES string of the molecule is CC(CN)C1CCN(C(=O)C(F)(F)F)CC1. The Morgan fingerprint density at radius 1 is 1.44 bits per heavy atom. The van der Waals surface area contributed by atoms with Crippen molar-refractivity contribution in [3.63, 3.8) is 0 Å². The highest BCUT2D eigenvalue weighted by atomic mass is 19.4. The maximum Gasteiger partial charge on any atom is 0.471 e. The number of likely N-dealkylation sites (tertiary alicyclic amines) is 1. The van der Waals surface area contributed by atoms with E-state index >= 15 is 0 Å². The first kappa shape index (κ1) is 13.3. The van der Waals surface area contributed by atoms with E-state index in [1.165, 1.54) is 0 Å². The first-order valence-electron chi connectivity index (χ1n) is 5.42. The van der Waals surface area contributed by atoms with Gasteiger partial charge in [0.15, 0.2) is 0 Å². The molecule has 1 aliphatic heterocycles. The summed E-state index contributed by atoms with van der Waals surface area (Å²) in [4.78, 5) is 11.8. The number of piperidine rings is 1. The molecule has 0 aromatic heterocycles. The molecule has 0 aromatic carbocycles. The van der Waals surface area contributed by atoms with E-state index in [-0.39, 0.29) is 13.1 Å². The lowest BCUT2D eigenvalue weighted by atomic mass is 9.85. The predicted octanol–water partition coefficient (Wildman–Crippen LogP) is 1.38. The van der Waals surface area contributed by atoms with Gasteiger partial charge in [-0.3, -0.25) is 4.79 Å². The molecule has 1 saturated heterocycles. The van der Waals surface area contributed by atoms with Gasteiger partial charge in [0, 0.05) is 13.1 Å². The highest BCUT2D eigenvalue weighted by Gasteiger charge is 2.43. The van der Waals surface area contributed by atoms with Gasteiger partial charge < -0.3 is 10.6 Å². The molecule has 1 atom stereocenters. The van der Waals surface area contributed by atoms with Crippen LogP contribution in [0.3, 0.4) is 0 Å². The largest absolute Gasteiger partial charge is 0.471 e. The van der Waals surface area contributed by atoms with Gasteiger partial charge in [0.05, 0.1) is 0 Å². The van der Waals surface area contributed by atoms with E-state index in [2.05, 4.69) is 0 Å². The minimum atomic E-state index is -4.74. The van der Waals surface area contributed by atoms with Gasteiger partial charge in [-0.15, -0.1) is 0 Å². The highest BCUT2D eigenvalue weighted by Crippen LogP contribution is 2.27. The molecule has 1 aliphatic rings. The fourth-order valence-corrected chi connectivity index (χ4v) is 2.04. The van der Waals surface area contributed by atoms with E-state index in [1.807, 2.05) is 6.92 Å². The third-order valence-electron chi connectivity index (χ3n) is 3.25. The second-order valence-electron chi connectivity index (χ2n) is 4.34. The van der Waals surface area contributed by atoms with Crippen LogP contribution in [0.5, 0.6) is 0 Å². The monoisotopic (exact) mass is 238 g/mol. The van der Waals surface area contributed by atoms with Crippen LogP contribution in [0.2, 0.25) is 0 Å². The van der Waals surface area contributed by atoms with Gasteiger partial charge in [0.1, 0.15) is 0 Å². The topological polar surface area (TPSA) is 46.3 Å². The van der Waals surface area contributed by atoms with Crippen molar-refractivity contribution >= 4 is 5.91 Å². The van der Waals surface area contributed by atoms with Crippen molar-refractivity contribution in [1.82, 2.24) is 4.90 Å². The number of hydrogen-bond acceptors (Lipinski definition) is 2. The van der Waals surface area contributed by atoms with Crippen molar-refractivity contribution in [2.24, 2.45) is 17.6 Å². The fraction of sp³-hybridized carbons (Fsp3) is 0.900. The standard InChI is InChI=1S/C10H17F3N2O/c1-7(6-14)8-2-4-15(5-3-8)9(16)10(11,12)13/h7-8H,2-6,14H2,1H3.